The summed E-state index contributed by atoms with van der Waals surface area (Å²) in [4.78, 5) is 23.9. The van der Waals surface area contributed by atoms with Crippen molar-refractivity contribution >= 4 is 12.1 Å². The van der Waals surface area contributed by atoms with Crippen molar-refractivity contribution in [2.45, 2.75) is 51.2 Å². The number of carbonyl (C=O) groups is 2. The number of esters is 1. The fourth-order valence-corrected chi connectivity index (χ4v) is 2.62. The standard InChI is InChI=1S/C18H25NO4/c1-13(2)11-15(16(20)22-3)19-17(21)23-18(9-10-18)12-14-7-5-4-6-8-14/h4-8,13,15H,9-12H2,1-3H3,(H,19,21). The van der Waals surface area contributed by atoms with Gasteiger partial charge in [0.1, 0.15) is 11.6 Å². The number of nitrogens with one attached hydrogen (secondary N) is 1. The summed E-state index contributed by atoms with van der Waals surface area (Å²) in [5.74, 6) is -0.179. The minimum absolute atomic E-state index is 0.263. The molecule has 1 aliphatic carbocycles. The van der Waals surface area contributed by atoms with Gasteiger partial charge < -0.3 is 14.8 Å². The molecule has 1 N–H and O–H groups in total. The molecule has 1 aliphatic rings. The number of benzene rings is 1. The van der Waals surface area contributed by atoms with Crippen molar-refractivity contribution in [3.05, 3.63) is 35.9 Å². The maximum Gasteiger partial charge on any atom is 0.408 e. The summed E-state index contributed by atoms with van der Waals surface area (Å²) in [6.45, 7) is 3.97. The van der Waals surface area contributed by atoms with Crippen molar-refractivity contribution in [2.24, 2.45) is 5.92 Å². The van der Waals surface area contributed by atoms with Crippen LogP contribution in [0.3, 0.4) is 0 Å². The normalized spacial score (nSPS) is 16.5. The van der Waals surface area contributed by atoms with Crippen molar-refractivity contribution in [2.75, 3.05) is 7.11 Å². The number of rotatable bonds is 7. The zero-order valence-electron chi connectivity index (χ0n) is 14.0. The van der Waals surface area contributed by atoms with Crippen LogP contribution in [0.4, 0.5) is 4.79 Å². The molecular formula is C18H25NO4. The molecule has 0 radical (unpaired) electrons. The van der Waals surface area contributed by atoms with Gasteiger partial charge in [0.15, 0.2) is 0 Å². The molecule has 5 nitrogen and oxygen atoms in total. The molecule has 0 saturated heterocycles. The van der Waals surface area contributed by atoms with Gasteiger partial charge in [-0.15, -0.1) is 0 Å². The predicted octanol–water partition coefficient (Wildman–Crippen LogP) is 3.08. The van der Waals surface area contributed by atoms with Crippen LogP contribution in [0.5, 0.6) is 0 Å². The first kappa shape index (κ1) is 17.3. The molecule has 0 heterocycles. The Morgan fingerprint density at radius 1 is 1.22 bits per heavy atom. The SMILES string of the molecule is COC(=O)C(CC(C)C)NC(=O)OC1(Cc2ccccc2)CC1. The Labute approximate surface area is 137 Å². The van der Waals surface area contributed by atoms with Crippen LogP contribution < -0.4 is 5.32 Å². The highest BCUT2D eigenvalue weighted by atomic mass is 16.6. The smallest absolute Gasteiger partial charge is 0.408 e. The number of amides is 1. The van der Waals surface area contributed by atoms with E-state index in [0.29, 0.717) is 12.8 Å². The molecule has 23 heavy (non-hydrogen) atoms. The Bertz CT molecular complexity index is 537. The third-order valence-electron chi connectivity index (χ3n) is 3.97. The van der Waals surface area contributed by atoms with Gasteiger partial charge >= 0.3 is 12.1 Å². The Kier molecular flexibility index (Phi) is 5.64. The molecule has 0 aliphatic heterocycles. The first-order chi connectivity index (χ1) is 10.9. The molecule has 1 aromatic carbocycles. The summed E-state index contributed by atoms with van der Waals surface area (Å²) in [7, 11) is 1.32. The van der Waals surface area contributed by atoms with Gasteiger partial charge in [0, 0.05) is 6.42 Å². The van der Waals surface area contributed by atoms with Crippen LogP contribution in [0.15, 0.2) is 30.3 Å². The van der Waals surface area contributed by atoms with Gasteiger partial charge in [-0.1, -0.05) is 44.2 Å². The molecule has 1 saturated carbocycles. The van der Waals surface area contributed by atoms with Crippen molar-refractivity contribution in [1.29, 1.82) is 0 Å². The average molecular weight is 319 g/mol. The quantitative estimate of drug-likeness (QED) is 0.784. The van der Waals surface area contributed by atoms with E-state index in [1.165, 1.54) is 7.11 Å². The first-order valence-electron chi connectivity index (χ1n) is 8.05. The lowest BCUT2D eigenvalue weighted by molar-refractivity contribution is -0.143. The van der Waals surface area contributed by atoms with E-state index in [-0.39, 0.29) is 5.92 Å². The van der Waals surface area contributed by atoms with Gasteiger partial charge in [0.25, 0.3) is 0 Å². The number of hydrogen-bond donors (Lipinski definition) is 1. The minimum atomic E-state index is -0.667. The molecule has 1 fully saturated rings. The van der Waals surface area contributed by atoms with Crippen LogP contribution in [-0.4, -0.2) is 30.8 Å². The molecule has 0 bridgehead atoms. The third-order valence-corrected chi connectivity index (χ3v) is 3.97. The van der Waals surface area contributed by atoms with E-state index in [1.54, 1.807) is 0 Å². The van der Waals surface area contributed by atoms with E-state index in [9.17, 15) is 9.59 Å². The number of methoxy groups -OCH3 is 1. The van der Waals surface area contributed by atoms with Crippen molar-refractivity contribution < 1.29 is 19.1 Å². The van der Waals surface area contributed by atoms with Gasteiger partial charge in [-0.3, -0.25) is 0 Å². The highest BCUT2D eigenvalue weighted by Gasteiger charge is 2.47. The zero-order chi connectivity index (χ0) is 16.9. The molecule has 1 aromatic rings. The highest BCUT2D eigenvalue weighted by Crippen LogP contribution is 2.42. The summed E-state index contributed by atoms with van der Waals surface area (Å²) in [6.07, 6.45) is 2.38. The van der Waals surface area contributed by atoms with Crippen LogP contribution in [0.1, 0.15) is 38.7 Å². The summed E-state index contributed by atoms with van der Waals surface area (Å²) in [6, 6.07) is 9.29. The monoisotopic (exact) mass is 319 g/mol. The predicted molar refractivity (Wildman–Crippen MR) is 87.0 cm³/mol. The van der Waals surface area contributed by atoms with Crippen molar-refractivity contribution in [3.8, 4) is 0 Å². The lowest BCUT2D eigenvalue weighted by Gasteiger charge is -2.21. The lowest BCUT2D eigenvalue weighted by Crippen LogP contribution is -2.44. The summed E-state index contributed by atoms with van der Waals surface area (Å²) in [5.41, 5.74) is 0.716. The number of carbonyl (C=O) groups excluding carboxylic acids is 2. The molecule has 1 unspecified atom stereocenters. The minimum Gasteiger partial charge on any atom is -0.467 e. The average Bonchev–Trinajstić information content (AvgIpc) is 3.25. The van der Waals surface area contributed by atoms with Gasteiger partial charge in [0.2, 0.25) is 0 Å². The molecule has 2 rings (SSSR count). The second-order valence-electron chi connectivity index (χ2n) is 6.58. The van der Waals surface area contributed by atoms with E-state index in [1.807, 2.05) is 44.2 Å². The van der Waals surface area contributed by atoms with E-state index in [2.05, 4.69) is 5.32 Å². The second kappa shape index (κ2) is 7.49. The van der Waals surface area contributed by atoms with Gasteiger partial charge in [-0.25, -0.2) is 9.59 Å². The molecule has 1 atom stereocenters. The van der Waals surface area contributed by atoms with Gasteiger partial charge in [0.05, 0.1) is 7.11 Å². The molecule has 0 spiro atoms. The number of hydrogen-bond acceptors (Lipinski definition) is 4. The van der Waals surface area contributed by atoms with Crippen molar-refractivity contribution in [1.82, 2.24) is 5.32 Å². The molecule has 0 aromatic heterocycles. The second-order valence-corrected chi connectivity index (χ2v) is 6.58. The fraction of sp³-hybridized carbons (Fsp3) is 0.556. The Hall–Kier alpha value is -2.04. The Balaban J connectivity index is 1.91. The van der Waals surface area contributed by atoms with Crippen LogP contribution in [-0.2, 0) is 20.7 Å². The number of alkyl carbamates (subject to hydrolysis) is 1. The topological polar surface area (TPSA) is 64.6 Å². The zero-order valence-corrected chi connectivity index (χ0v) is 14.0. The van der Waals surface area contributed by atoms with E-state index in [0.717, 1.165) is 18.4 Å². The van der Waals surface area contributed by atoms with Crippen LogP contribution in [0.25, 0.3) is 0 Å². The summed E-state index contributed by atoms with van der Waals surface area (Å²) < 4.78 is 10.3. The van der Waals surface area contributed by atoms with Crippen molar-refractivity contribution in [3.63, 3.8) is 0 Å². The molecule has 1 amide bonds. The van der Waals surface area contributed by atoms with E-state index in [4.69, 9.17) is 9.47 Å². The number of ether oxygens (including phenoxy) is 2. The maximum absolute atomic E-state index is 12.2. The maximum atomic E-state index is 12.2. The molecular weight excluding hydrogens is 294 g/mol. The van der Waals surface area contributed by atoms with Gasteiger partial charge in [-0.2, -0.15) is 0 Å². The fourth-order valence-electron chi connectivity index (χ4n) is 2.62. The molecule has 126 valence electrons. The summed E-state index contributed by atoms with van der Waals surface area (Å²) in [5, 5.41) is 2.65. The third kappa shape index (κ3) is 5.27. The Morgan fingerprint density at radius 2 is 1.87 bits per heavy atom. The van der Waals surface area contributed by atoms with E-state index < -0.39 is 23.7 Å². The van der Waals surface area contributed by atoms with Gasteiger partial charge in [-0.05, 0) is 30.7 Å². The summed E-state index contributed by atoms with van der Waals surface area (Å²) >= 11 is 0. The highest BCUT2D eigenvalue weighted by molar-refractivity contribution is 5.81. The van der Waals surface area contributed by atoms with Crippen LogP contribution >= 0.6 is 0 Å². The van der Waals surface area contributed by atoms with E-state index >= 15 is 0 Å². The van der Waals surface area contributed by atoms with Crippen LogP contribution in [0, 0.1) is 5.92 Å². The Morgan fingerprint density at radius 3 is 2.39 bits per heavy atom. The lowest BCUT2D eigenvalue weighted by atomic mass is 10.0. The molecule has 5 heteroatoms. The first-order valence-corrected chi connectivity index (χ1v) is 8.05. The van der Waals surface area contributed by atoms with Crippen LogP contribution in [0.2, 0.25) is 0 Å². The largest absolute Gasteiger partial charge is 0.467 e.